The van der Waals surface area contributed by atoms with E-state index in [1.165, 1.54) is 23.9 Å². The van der Waals surface area contributed by atoms with Crippen molar-refractivity contribution in [1.29, 1.82) is 0 Å². The smallest absolute Gasteiger partial charge is 0.209 e. The lowest BCUT2D eigenvalue weighted by molar-refractivity contribution is 0.599. The van der Waals surface area contributed by atoms with Gasteiger partial charge in [0.25, 0.3) is 0 Å². The normalized spacial score (nSPS) is 13.0. The Kier molecular flexibility index (Phi) is 5.39. The van der Waals surface area contributed by atoms with Crippen LogP contribution < -0.4 is 5.14 Å². The van der Waals surface area contributed by atoms with Gasteiger partial charge in [0.2, 0.25) is 10.0 Å². The standard InChI is InChI=1S/C15H16FNO2S2/c16-14-8-6-13(7-9-14)15(12-4-2-1-3-5-12)20-10-11-21(17,18)19/h1-9,15H,10-11H2,(H2,17,18,19). The molecule has 0 saturated carbocycles. The van der Waals surface area contributed by atoms with Gasteiger partial charge in [-0.05, 0) is 23.3 Å². The third-order valence-electron chi connectivity index (χ3n) is 2.93. The zero-order valence-corrected chi connectivity index (χ0v) is 12.9. The average Bonchev–Trinajstić information content (AvgIpc) is 2.45. The first-order valence-electron chi connectivity index (χ1n) is 6.38. The molecule has 0 aliphatic heterocycles. The van der Waals surface area contributed by atoms with Crippen LogP contribution in [0.25, 0.3) is 0 Å². The van der Waals surface area contributed by atoms with E-state index >= 15 is 0 Å². The summed E-state index contributed by atoms with van der Waals surface area (Å²) in [5.74, 6) is 0.0120. The van der Waals surface area contributed by atoms with Crippen molar-refractivity contribution in [2.24, 2.45) is 5.14 Å². The average molecular weight is 325 g/mol. The van der Waals surface area contributed by atoms with Crippen molar-refractivity contribution in [1.82, 2.24) is 0 Å². The van der Waals surface area contributed by atoms with Crippen molar-refractivity contribution in [3.63, 3.8) is 0 Å². The SMILES string of the molecule is NS(=O)(=O)CCSC(c1ccccc1)c1ccc(F)cc1. The maximum atomic E-state index is 13.1. The molecule has 6 heteroatoms. The zero-order chi connectivity index (χ0) is 15.3. The summed E-state index contributed by atoms with van der Waals surface area (Å²) in [5, 5.41) is 4.98. The van der Waals surface area contributed by atoms with E-state index in [1.807, 2.05) is 30.3 Å². The first-order chi connectivity index (χ1) is 9.96. The second kappa shape index (κ2) is 7.06. The highest BCUT2D eigenvalue weighted by Crippen LogP contribution is 2.35. The highest BCUT2D eigenvalue weighted by molar-refractivity contribution is 8.00. The van der Waals surface area contributed by atoms with Gasteiger partial charge in [0.15, 0.2) is 0 Å². The van der Waals surface area contributed by atoms with E-state index in [9.17, 15) is 12.8 Å². The fourth-order valence-electron chi connectivity index (χ4n) is 1.93. The lowest BCUT2D eigenvalue weighted by Gasteiger charge is -2.17. The first-order valence-corrected chi connectivity index (χ1v) is 9.14. The van der Waals surface area contributed by atoms with E-state index in [0.717, 1.165) is 11.1 Å². The van der Waals surface area contributed by atoms with E-state index in [1.54, 1.807) is 12.1 Å². The van der Waals surface area contributed by atoms with E-state index in [0.29, 0.717) is 5.75 Å². The molecular weight excluding hydrogens is 309 g/mol. The third-order valence-corrected chi connectivity index (χ3v) is 5.28. The second-order valence-corrected chi connectivity index (χ2v) is 7.53. The number of thioether (sulfide) groups is 1. The van der Waals surface area contributed by atoms with Crippen molar-refractivity contribution in [3.8, 4) is 0 Å². The largest absolute Gasteiger partial charge is 0.229 e. The van der Waals surface area contributed by atoms with Gasteiger partial charge >= 0.3 is 0 Å². The molecule has 21 heavy (non-hydrogen) atoms. The molecule has 0 fully saturated rings. The molecule has 0 saturated heterocycles. The van der Waals surface area contributed by atoms with Gasteiger partial charge in [-0.2, -0.15) is 0 Å². The Morgan fingerprint density at radius 1 is 1.00 bits per heavy atom. The Labute approximate surface area is 128 Å². The van der Waals surface area contributed by atoms with Crippen LogP contribution in [0.3, 0.4) is 0 Å². The number of sulfonamides is 1. The highest BCUT2D eigenvalue weighted by atomic mass is 32.2. The molecule has 0 spiro atoms. The summed E-state index contributed by atoms with van der Waals surface area (Å²) in [5.41, 5.74) is 1.98. The third kappa shape index (κ3) is 5.15. The van der Waals surface area contributed by atoms with Crippen molar-refractivity contribution in [2.75, 3.05) is 11.5 Å². The molecule has 0 amide bonds. The first kappa shape index (κ1) is 16.0. The molecule has 2 rings (SSSR count). The topological polar surface area (TPSA) is 60.2 Å². The summed E-state index contributed by atoms with van der Waals surface area (Å²) < 4.78 is 35.1. The van der Waals surface area contributed by atoms with E-state index in [2.05, 4.69) is 0 Å². The zero-order valence-electron chi connectivity index (χ0n) is 11.3. The summed E-state index contributed by atoms with van der Waals surface area (Å²) in [7, 11) is -3.47. The summed E-state index contributed by atoms with van der Waals surface area (Å²) >= 11 is 1.48. The molecule has 0 heterocycles. The molecule has 0 radical (unpaired) electrons. The van der Waals surface area contributed by atoms with Crippen LogP contribution in [-0.2, 0) is 10.0 Å². The fourth-order valence-corrected chi connectivity index (χ4v) is 4.18. The van der Waals surface area contributed by atoms with Crippen molar-refractivity contribution < 1.29 is 12.8 Å². The Hall–Kier alpha value is -1.37. The maximum absolute atomic E-state index is 13.1. The number of halogens is 1. The molecule has 2 aromatic rings. The van der Waals surface area contributed by atoms with Crippen LogP contribution in [0.1, 0.15) is 16.4 Å². The highest BCUT2D eigenvalue weighted by Gasteiger charge is 2.15. The summed E-state index contributed by atoms with van der Waals surface area (Å²) in [6, 6.07) is 16.0. The van der Waals surface area contributed by atoms with Crippen molar-refractivity contribution in [2.45, 2.75) is 5.25 Å². The lowest BCUT2D eigenvalue weighted by atomic mass is 10.0. The monoisotopic (exact) mass is 325 g/mol. The molecule has 1 atom stereocenters. The molecule has 2 N–H and O–H groups in total. The van der Waals surface area contributed by atoms with Crippen molar-refractivity contribution in [3.05, 3.63) is 71.5 Å². The number of primary sulfonamides is 1. The predicted molar refractivity (Wildman–Crippen MR) is 85.1 cm³/mol. The van der Waals surface area contributed by atoms with Gasteiger partial charge in [0.1, 0.15) is 5.82 Å². The number of hydrogen-bond donors (Lipinski definition) is 1. The Morgan fingerprint density at radius 3 is 2.14 bits per heavy atom. The molecule has 3 nitrogen and oxygen atoms in total. The van der Waals surface area contributed by atoms with E-state index in [4.69, 9.17) is 5.14 Å². The minimum atomic E-state index is -3.47. The molecule has 0 aliphatic rings. The molecular formula is C15H16FNO2S2. The van der Waals surface area contributed by atoms with Crippen LogP contribution in [0.4, 0.5) is 4.39 Å². The van der Waals surface area contributed by atoms with Crippen molar-refractivity contribution >= 4 is 21.8 Å². The van der Waals surface area contributed by atoms with Gasteiger partial charge in [0.05, 0.1) is 11.0 Å². The molecule has 112 valence electrons. The van der Waals surface area contributed by atoms with Gasteiger partial charge in [-0.15, -0.1) is 11.8 Å². The minimum Gasteiger partial charge on any atom is -0.229 e. The van der Waals surface area contributed by atoms with Crippen LogP contribution in [0, 0.1) is 5.82 Å². The predicted octanol–water partition coefficient (Wildman–Crippen LogP) is 2.94. The quantitative estimate of drug-likeness (QED) is 0.888. The van der Waals surface area contributed by atoms with Gasteiger partial charge in [-0.1, -0.05) is 42.5 Å². The molecule has 2 aromatic carbocycles. The van der Waals surface area contributed by atoms with Crippen LogP contribution in [-0.4, -0.2) is 19.9 Å². The maximum Gasteiger partial charge on any atom is 0.209 e. The summed E-state index contributed by atoms with van der Waals surface area (Å²) in [4.78, 5) is 0. The number of nitrogens with two attached hydrogens (primary N) is 1. The van der Waals surface area contributed by atoms with Crippen LogP contribution in [0.2, 0.25) is 0 Å². The Morgan fingerprint density at radius 2 is 1.57 bits per heavy atom. The Bertz CT molecular complexity index is 673. The second-order valence-electron chi connectivity index (χ2n) is 4.58. The minimum absolute atomic E-state index is 0.0476. The molecule has 1 unspecified atom stereocenters. The van der Waals surface area contributed by atoms with Gasteiger partial charge < -0.3 is 0 Å². The fraction of sp³-hybridized carbons (Fsp3) is 0.200. The molecule has 0 bridgehead atoms. The van der Waals surface area contributed by atoms with E-state index < -0.39 is 10.0 Å². The molecule has 0 aromatic heterocycles. The van der Waals surface area contributed by atoms with Crippen LogP contribution in [0.15, 0.2) is 54.6 Å². The lowest BCUT2D eigenvalue weighted by Crippen LogP contribution is -2.18. The van der Waals surface area contributed by atoms with Gasteiger partial charge in [0, 0.05) is 5.75 Å². The van der Waals surface area contributed by atoms with E-state index in [-0.39, 0.29) is 16.8 Å². The van der Waals surface area contributed by atoms with Crippen LogP contribution >= 0.6 is 11.8 Å². The summed E-state index contributed by atoms with van der Waals surface area (Å²) in [6.07, 6.45) is 0. The number of hydrogen-bond acceptors (Lipinski definition) is 3. The molecule has 0 aliphatic carbocycles. The van der Waals surface area contributed by atoms with Gasteiger partial charge in [-0.25, -0.2) is 17.9 Å². The number of benzene rings is 2. The number of rotatable bonds is 6. The Balaban J connectivity index is 2.20. The van der Waals surface area contributed by atoms with Crippen LogP contribution in [0.5, 0.6) is 0 Å². The van der Waals surface area contributed by atoms with Gasteiger partial charge in [-0.3, -0.25) is 0 Å². The summed E-state index contributed by atoms with van der Waals surface area (Å²) in [6.45, 7) is 0.